The van der Waals surface area contributed by atoms with E-state index in [-0.39, 0.29) is 0 Å². The van der Waals surface area contributed by atoms with Gasteiger partial charge in [-0.1, -0.05) is 12.8 Å². The number of hydrogen-bond donors (Lipinski definition) is 0. The minimum absolute atomic E-state index is 0.562. The van der Waals surface area contributed by atoms with E-state index in [0.29, 0.717) is 5.88 Å². The molecule has 16 heavy (non-hydrogen) atoms. The first-order valence-corrected chi connectivity index (χ1v) is 6.54. The number of pyridine rings is 1. The quantitative estimate of drug-likeness (QED) is 0.747. The number of halogens is 1. The molecule has 0 radical (unpaired) electrons. The normalized spacial score (nSPS) is 16.6. The average molecular weight is 239 g/mol. The van der Waals surface area contributed by atoms with Crippen molar-refractivity contribution in [2.24, 2.45) is 5.92 Å². The molecule has 0 spiro atoms. The van der Waals surface area contributed by atoms with Crippen molar-refractivity contribution in [3.8, 4) is 0 Å². The van der Waals surface area contributed by atoms with Gasteiger partial charge in [0.25, 0.3) is 0 Å². The van der Waals surface area contributed by atoms with Gasteiger partial charge >= 0.3 is 0 Å². The van der Waals surface area contributed by atoms with Crippen LogP contribution in [0.1, 0.15) is 31.2 Å². The lowest BCUT2D eigenvalue weighted by molar-refractivity contribution is 0.546. The van der Waals surface area contributed by atoms with E-state index >= 15 is 0 Å². The number of rotatable bonds is 4. The highest BCUT2D eigenvalue weighted by Crippen LogP contribution is 2.28. The predicted octanol–water partition coefficient (Wildman–Crippen LogP) is 3.45. The van der Waals surface area contributed by atoms with E-state index in [1.165, 1.54) is 36.9 Å². The van der Waals surface area contributed by atoms with E-state index in [1.807, 2.05) is 18.5 Å². The fourth-order valence-corrected chi connectivity index (χ4v) is 2.78. The summed E-state index contributed by atoms with van der Waals surface area (Å²) < 4.78 is 0. The van der Waals surface area contributed by atoms with Gasteiger partial charge in [-0.05, 0) is 30.4 Å². The van der Waals surface area contributed by atoms with Crippen molar-refractivity contribution < 1.29 is 0 Å². The average Bonchev–Trinajstić information content (AvgIpc) is 2.81. The second-order valence-electron chi connectivity index (χ2n) is 4.67. The van der Waals surface area contributed by atoms with Crippen molar-refractivity contribution >= 4 is 17.3 Å². The Morgan fingerprint density at radius 3 is 2.88 bits per heavy atom. The maximum Gasteiger partial charge on any atom is 0.0595 e. The largest absolute Gasteiger partial charge is 0.373 e. The van der Waals surface area contributed by atoms with E-state index in [1.54, 1.807) is 0 Å². The standard InChI is InChI=1S/C13H19ClN2/c1-16(10-11-4-2-3-5-11)13-9-15-7-6-12(13)8-14/h6-7,9,11H,2-5,8,10H2,1H3. The number of nitrogens with zero attached hydrogens (tertiary/aromatic N) is 2. The van der Waals surface area contributed by atoms with Crippen molar-refractivity contribution in [2.75, 3.05) is 18.5 Å². The van der Waals surface area contributed by atoms with Crippen LogP contribution in [0.2, 0.25) is 0 Å². The Kier molecular flexibility index (Phi) is 4.05. The van der Waals surface area contributed by atoms with Gasteiger partial charge in [0.15, 0.2) is 0 Å². The van der Waals surface area contributed by atoms with Gasteiger partial charge in [-0.2, -0.15) is 0 Å². The number of aromatic nitrogens is 1. The molecular weight excluding hydrogens is 220 g/mol. The Morgan fingerprint density at radius 2 is 2.19 bits per heavy atom. The third kappa shape index (κ3) is 2.67. The van der Waals surface area contributed by atoms with Crippen molar-refractivity contribution in [3.63, 3.8) is 0 Å². The van der Waals surface area contributed by atoms with E-state index in [2.05, 4.69) is 16.9 Å². The summed E-state index contributed by atoms with van der Waals surface area (Å²) in [6, 6.07) is 2.01. The monoisotopic (exact) mass is 238 g/mol. The van der Waals surface area contributed by atoms with E-state index < -0.39 is 0 Å². The Morgan fingerprint density at radius 1 is 1.44 bits per heavy atom. The van der Waals surface area contributed by atoms with Crippen LogP contribution in [0.15, 0.2) is 18.5 Å². The molecule has 1 aliphatic carbocycles. The second kappa shape index (κ2) is 5.53. The van der Waals surface area contributed by atoms with Gasteiger partial charge in [-0.25, -0.2) is 0 Å². The zero-order valence-corrected chi connectivity index (χ0v) is 10.6. The fourth-order valence-electron chi connectivity index (χ4n) is 2.55. The maximum absolute atomic E-state index is 5.94. The van der Waals surface area contributed by atoms with Gasteiger partial charge in [-0.15, -0.1) is 11.6 Å². The number of anilines is 1. The summed E-state index contributed by atoms with van der Waals surface area (Å²) in [6.07, 6.45) is 9.28. The van der Waals surface area contributed by atoms with Crippen LogP contribution in [0, 0.1) is 5.92 Å². The highest BCUT2D eigenvalue weighted by molar-refractivity contribution is 6.17. The maximum atomic E-state index is 5.94. The summed E-state index contributed by atoms with van der Waals surface area (Å²) in [4.78, 5) is 6.49. The zero-order valence-electron chi connectivity index (χ0n) is 9.82. The molecule has 3 heteroatoms. The Bertz CT molecular complexity index is 334. The Hall–Kier alpha value is -0.760. The van der Waals surface area contributed by atoms with Gasteiger partial charge in [-0.3, -0.25) is 4.98 Å². The summed E-state index contributed by atoms with van der Waals surface area (Å²) in [7, 11) is 2.14. The van der Waals surface area contributed by atoms with Crippen molar-refractivity contribution in [3.05, 3.63) is 24.0 Å². The van der Waals surface area contributed by atoms with Crippen LogP contribution in [-0.4, -0.2) is 18.6 Å². The molecule has 1 aromatic heterocycles. The van der Waals surface area contributed by atoms with Crippen molar-refractivity contribution in [1.82, 2.24) is 4.98 Å². The topological polar surface area (TPSA) is 16.1 Å². The van der Waals surface area contributed by atoms with Crippen LogP contribution in [0.3, 0.4) is 0 Å². The van der Waals surface area contributed by atoms with Crippen LogP contribution in [0.5, 0.6) is 0 Å². The second-order valence-corrected chi connectivity index (χ2v) is 4.94. The van der Waals surface area contributed by atoms with Gasteiger partial charge < -0.3 is 4.90 Å². The van der Waals surface area contributed by atoms with Gasteiger partial charge in [0.05, 0.1) is 11.9 Å². The summed E-state index contributed by atoms with van der Waals surface area (Å²) in [5.41, 5.74) is 2.36. The van der Waals surface area contributed by atoms with Crippen LogP contribution in [0.4, 0.5) is 5.69 Å². The molecular formula is C13H19ClN2. The molecule has 2 rings (SSSR count). The molecule has 0 amide bonds. The minimum Gasteiger partial charge on any atom is -0.373 e. The Labute approximate surface area is 103 Å². The first kappa shape index (κ1) is 11.7. The number of hydrogen-bond acceptors (Lipinski definition) is 2. The van der Waals surface area contributed by atoms with Crippen LogP contribution < -0.4 is 4.90 Å². The highest BCUT2D eigenvalue weighted by atomic mass is 35.5. The molecule has 0 saturated heterocycles. The summed E-state index contributed by atoms with van der Waals surface area (Å²) in [5, 5.41) is 0. The molecule has 1 aliphatic rings. The summed E-state index contributed by atoms with van der Waals surface area (Å²) >= 11 is 5.94. The molecule has 1 saturated carbocycles. The molecule has 0 aromatic carbocycles. The van der Waals surface area contributed by atoms with E-state index in [9.17, 15) is 0 Å². The molecule has 2 nitrogen and oxygen atoms in total. The molecule has 0 unspecified atom stereocenters. The van der Waals surface area contributed by atoms with Gasteiger partial charge in [0, 0.05) is 25.7 Å². The summed E-state index contributed by atoms with van der Waals surface area (Å²) in [6.45, 7) is 1.13. The first-order valence-electron chi connectivity index (χ1n) is 6.01. The molecule has 0 atom stereocenters. The highest BCUT2D eigenvalue weighted by Gasteiger charge is 2.18. The van der Waals surface area contributed by atoms with Crippen LogP contribution in [-0.2, 0) is 5.88 Å². The smallest absolute Gasteiger partial charge is 0.0595 e. The fraction of sp³-hybridized carbons (Fsp3) is 0.615. The zero-order chi connectivity index (χ0) is 11.4. The lowest BCUT2D eigenvalue weighted by Crippen LogP contribution is -2.25. The lowest BCUT2D eigenvalue weighted by atomic mass is 10.1. The van der Waals surface area contributed by atoms with Crippen LogP contribution in [0.25, 0.3) is 0 Å². The third-order valence-corrected chi connectivity index (χ3v) is 3.74. The summed E-state index contributed by atoms with van der Waals surface area (Å²) in [5.74, 6) is 1.42. The van der Waals surface area contributed by atoms with Gasteiger partial charge in [0.2, 0.25) is 0 Å². The van der Waals surface area contributed by atoms with E-state index in [0.717, 1.165) is 12.5 Å². The molecule has 1 fully saturated rings. The first-order chi connectivity index (χ1) is 7.81. The van der Waals surface area contributed by atoms with Crippen LogP contribution >= 0.6 is 11.6 Å². The lowest BCUT2D eigenvalue weighted by Gasteiger charge is -2.24. The minimum atomic E-state index is 0.562. The molecule has 1 heterocycles. The molecule has 0 bridgehead atoms. The number of alkyl halides is 1. The molecule has 1 aromatic rings. The molecule has 0 N–H and O–H groups in total. The molecule has 0 aliphatic heterocycles. The van der Waals surface area contributed by atoms with Crippen molar-refractivity contribution in [2.45, 2.75) is 31.6 Å². The predicted molar refractivity (Wildman–Crippen MR) is 69.0 cm³/mol. The Balaban J connectivity index is 2.04. The molecule has 88 valence electrons. The van der Waals surface area contributed by atoms with E-state index in [4.69, 9.17) is 11.6 Å². The SMILES string of the molecule is CN(CC1CCCC1)c1cnccc1CCl. The van der Waals surface area contributed by atoms with Gasteiger partial charge in [0.1, 0.15) is 0 Å². The van der Waals surface area contributed by atoms with Crippen molar-refractivity contribution in [1.29, 1.82) is 0 Å². The third-order valence-electron chi connectivity index (χ3n) is 3.45.